The molecule has 1 unspecified atom stereocenters. The van der Waals surface area contributed by atoms with Crippen LogP contribution >= 0.6 is 11.3 Å². The van der Waals surface area contributed by atoms with Crippen LogP contribution in [0.2, 0.25) is 0 Å². The molecule has 2 aromatic rings. The van der Waals surface area contributed by atoms with E-state index in [9.17, 15) is 18.1 Å². The third-order valence-electron chi connectivity index (χ3n) is 4.27. The van der Waals surface area contributed by atoms with E-state index in [1.165, 1.54) is 21.7 Å². The van der Waals surface area contributed by atoms with Crippen molar-refractivity contribution >= 4 is 21.4 Å². The molecule has 0 saturated carbocycles. The maximum atomic E-state index is 14.0. The van der Waals surface area contributed by atoms with E-state index in [1.807, 2.05) is 11.8 Å². The summed E-state index contributed by atoms with van der Waals surface area (Å²) < 4.78 is 41.1. The van der Waals surface area contributed by atoms with Crippen molar-refractivity contribution < 1.29 is 12.8 Å². The molecule has 0 bridgehead atoms. The summed E-state index contributed by atoms with van der Waals surface area (Å²) in [5, 5.41) is 9.47. The zero-order valence-electron chi connectivity index (χ0n) is 13.7. The van der Waals surface area contributed by atoms with Gasteiger partial charge in [0.15, 0.2) is 0 Å². The van der Waals surface area contributed by atoms with Crippen molar-refractivity contribution in [3.8, 4) is 6.07 Å². The monoisotopic (exact) mass is 379 g/mol. The quantitative estimate of drug-likeness (QED) is 0.819. The van der Waals surface area contributed by atoms with Gasteiger partial charge >= 0.3 is 0 Å². The van der Waals surface area contributed by atoms with Gasteiger partial charge in [-0.25, -0.2) is 12.8 Å². The fraction of sp³-hybridized carbons (Fsp3) is 0.353. The first-order valence-electron chi connectivity index (χ1n) is 7.88. The zero-order valence-corrected chi connectivity index (χ0v) is 15.4. The van der Waals surface area contributed by atoms with Gasteiger partial charge in [-0.05, 0) is 25.1 Å². The van der Waals surface area contributed by atoms with Crippen LogP contribution in [0, 0.1) is 24.1 Å². The van der Waals surface area contributed by atoms with E-state index in [0.29, 0.717) is 22.9 Å². The van der Waals surface area contributed by atoms with Crippen molar-refractivity contribution in [1.29, 1.82) is 5.26 Å². The molecule has 1 fully saturated rings. The molecule has 0 radical (unpaired) electrons. The third kappa shape index (κ3) is 3.60. The van der Waals surface area contributed by atoms with Gasteiger partial charge in [-0.15, -0.1) is 11.3 Å². The van der Waals surface area contributed by atoms with Gasteiger partial charge in [-0.3, -0.25) is 4.90 Å². The molecular formula is C17H18FN3O2S2. The average Bonchev–Trinajstić information content (AvgIpc) is 3.05. The topological polar surface area (TPSA) is 64.4 Å². The molecule has 1 saturated heterocycles. The smallest absolute Gasteiger partial charge is 0.252 e. The van der Waals surface area contributed by atoms with Gasteiger partial charge < -0.3 is 0 Å². The Morgan fingerprint density at radius 1 is 1.16 bits per heavy atom. The molecule has 1 atom stereocenters. The number of nitrogens with zero attached hydrogens (tertiary/aromatic N) is 3. The van der Waals surface area contributed by atoms with Gasteiger partial charge in [-0.1, -0.05) is 18.2 Å². The Hall–Kier alpha value is -1.79. The summed E-state index contributed by atoms with van der Waals surface area (Å²) in [5.41, 5.74) is 0.329. The number of nitriles is 1. The Morgan fingerprint density at radius 3 is 2.40 bits per heavy atom. The standard InChI is InChI=1S/C17H18FN3O2S2/c1-13-6-7-17(24-13)25(22,23)21-10-8-20(9-11-21)16(12-19)14-4-2-3-5-15(14)18/h2-7,16H,8-11H2,1H3. The first-order chi connectivity index (χ1) is 11.9. The van der Waals surface area contributed by atoms with Crippen molar-refractivity contribution in [2.75, 3.05) is 26.2 Å². The van der Waals surface area contributed by atoms with E-state index in [0.717, 1.165) is 4.88 Å². The molecule has 0 N–H and O–H groups in total. The van der Waals surface area contributed by atoms with E-state index in [2.05, 4.69) is 6.07 Å². The average molecular weight is 379 g/mol. The number of benzene rings is 1. The lowest BCUT2D eigenvalue weighted by Gasteiger charge is -2.36. The number of aryl methyl sites for hydroxylation is 1. The zero-order chi connectivity index (χ0) is 18.0. The van der Waals surface area contributed by atoms with Crippen LogP contribution in [0.1, 0.15) is 16.5 Å². The van der Waals surface area contributed by atoms with Crippen molar-refractivity contribution in [2.45, 2.75) is 17.2 Å². The number of piperazine rings is 1. The summed E-state index contributed by atoms with van der Waals surface area (Å²) in [6, 6.07) is 11.1. The molecular weight excluding hydrogens is 361 g/mol. The van der Waals surface area contributed by atoms with Gasteiger partial charge in [-0.2, -0.15) is 9.57 Å². The van der Waals surface area contributed by atoms with Crippen LogP contribution < -0.4 is 0 Å². The molecule has 25 heavy (non-hydrogen) atoms. The van der Waals surface area contributed by atoms with Crippen molar-refractivity contribution in [3.63, 3.8) is 0 Å². The highest BCUT2D eigenvalue weighted by Crippen LogP contribution is 2.28. The molecule has 0 spiro atoms. The van der Waals surface area contributed by atoms with Gasteiger partial charge in [0.25, 0.3) is 10.0 Å². The Kier molecular flexibility index (Phi) is 5.20. The molecule has 2 heterocycles. The Balaban J connectivity index is 1.73. The summed E-state index contributed by atoms with van der Waals surface area (Å²) >= 11 is 1.25. The second-order valence-corrected chi connectivity index (χ2v) is 9.31. The summed E-state index contributed by atoms with van der Waals surface area (Å²) in [4.78, 5) is 2.77. The van der Waals surface area contributed by atoms with E-state index in [4.69, 9.17) is 0 Å². The van der Waals surface area contributed by atoms with Crippen molar-refractivity contribution in [3.05, 3.63) is 52.7 Å². The van der Waals surface area contributed by atoms with Gasteiger partial charge in [0, 0.05) is 36.6 Å². The molecule has 1 aromatic heterocycles. The third-order valence-corrected chi connectivity index (χ3v) is 7.64. The summed E-state index contributed by atoms with van der Waals surface area (Å²) in [7, 11) is -3.50. The first-order valence-corrected chi connectivity index (χ1v) is 10.1. The number of halogens is 1. The molecule has 8 heteroatoms. The minimum absolute atomic E-state index is 0.284. The minimum Gasteiger partial charge on any atom is -0.282 e. The van der Waals surface area contributed by atoms with Crippen LogP contribution in [0.3, 0.4) is 0 Å². The fourth-order valence-electron chi connectivity index (χ4n) is 2.92. The number of thiophene rings is 1. The van der Waals surface area contributed by atoms with Crippen LogP contribution in [0.4, 0.5) is 4.39 Å². The van der Waals surface area contributed by atoms with Crippen molar-refractivity contribution in [2.24, 2.45) is 0 Å². The predicted molar refractivity (Wildman–Crippen MR) is 94.1 cm³/mol. The largest absolute Gasteiger partial charge is 0.282 e. The lowest BCUT2D eigenvalue weighted by atomic mass is 10.1. The Morgan fingerprint density at radius 2 is 1.84 bits per heavy atom. The van der Waals surface area contributed by atoms with E-state index in [1.54, 1.807) is 30.3 Å². The normalized spacial score (nSPS) is 18.0. The summed E-state index contributed by atoms with van der Waals surface area (Å²) in [6.07, 6.45) is 0. The van der Waals surface area contributed by atoms with Crippen molar-refractivity contribution in [1.82, 2.24) is 9.21 Å². The molecule has 0 aliphatic carbocycles. The van der Waals surface area contributed by atoms with Crippen LogP contribution in [0.15, 0.2) is 40.6 Å². The van der Waals surface area contributed by atoms with E-state index >= 15 is 0 Å². The highest BCUT2D eigenvalue weighted by atomic mass is 32.2. The number of hydrogen-bond donors (Lipinski definition) is 0. The SMILES string of the molecule is Cc1ccc(S(=O)(=O)N2CCN(C(C#N)c3ccccc3F)CC2)s1. The van der Waals surface area contributed by atoms with E-state index < -0.39 is 21.9 Å². The Labute approximate surface area is 151 Å². The van der Waals surface area contributed by atoms with Gasteiger partial charge in [0.2, 0.25) is 0 Å². The highest BCUT2D eigenvalue weighted by molar-refractivity contribution is 7.91. The maximum Gasteiger partial charge on any atom is 0.252 e. The highest BCUT2D eigenvalue weighted by Gasteiger charge is 2.32. The van der Waals surface area contributed by atoms with Gasteiger partial charge in [0.05, 0.1) is 6.07 Å². The second kappa shape index (κ2) is 7.22. The molecule has 5 nitrogen and oxygen atoms in total. The molecule has 1 aliphatic rings. The van der Waals surface area contributed by atoms with Gasteiger partial charge in [0.1, 0.15) is 16.1 Å². The fourth-order valence-corrected chi connectivity index (χ4v) is 5.78. The van der Waals surface area contributed by atoms with E-state index in [-0.39, 0.29) is 13.1 Å². The predicted octanol–water partition coefficient (Wildman–Crippen LogP) is 2.77. The lowest BCUT2D eigenvalue weighted by molar-refractivity contribution is 0.161. The molecule has 3 rings (SSSR count). The van der Waals surface area contributed by atoms with Crippen LogP contribution in [0.5, 0.6) is 0 Å². The number of sulfonamides is 1. The Bertz CT molecular complexity index is 897. The lowest BCUT2D eigenvalue weighted by Crippen LogP contribution is -2.49. The van der Waals surface area contributed by atoms with Crippen LogP contribution in [-0.4, -0.2) is 43.8 Å². The maximum absolute atomic E-state index is 14.0. The molecule has 132 valence electrons. The second-order valence-electron chi connectivity index (χ2n) is 5.86. The first kappa shape index (κ1) is 18.0. The summed E-state index contributed by atoms with van der Waals surface area (Å²) in [5.74, 6) is -0.418. The van der Waals surface area contributed by atoms with Crippen LogP contribution in [-0.2, 0) is 10.0 Å². The number of rotatable bonds is 4. The number of hydrogen-bond acceptors (Lipinski definition) is 5. The molecule has 1 aromatic carbocycles. The minimum atomic E-state index is -3.50. The molecule has 1 aliphatic heterocycles. The molecule has 0 amide bonds. The van der Waals surface area contributed by atoms with Crippen LogP contribution in [0.25, 0.3) is 0 Å². The summed E-state index contributed by atoms with van der Waals surface area (Å²) in [6.45, 7) is 3.21.